The molecular weight excluding hydrogens is 508 g/mol. The van der Waals surface area contributed by atoms with Gasteiger partial charge in [-0.15, -0.1) is 0 Å². The largest absolute Gasteiger partial charge is 0.489 e. The van der Waals surface area contributed by atoms with E-state index in [9.17, 15) is 0 Å². The lowest BCUT2D eigenvalue weighted by atomic mass is 10.2. The number of hydrogen-bond acceptors (Lipinski definition) is 4. The maximum absolute atomic E-state index is 5.90. The van der Waals surface area contributed by atoms with Crippen molar-refractivity contribution < 1.29 is 9.47 Å². The van der Waals surface area contributed by atoms with Crippen LogP contribution < -0.4 is 9.64 Å². The van der Waals surface area contributed by atoms with Gasteiger partial charge in [-0.25, -0.2) is 0 Å². The highest BCUT2D eigenvalue weighted by Gasteiger charge is 2.10. The molecule has 6 heteroatoms. The van der Waals surface area contributed by atoms with Gasteiger partial charge in [0.25, 0.3) is 0 Å². The molecule has 1 aliphatic heterocycles. The number of morpholine rings is 1. The van der Waals surface area contributed by atoms with Gasteiger partial charge in [-0.3, -0.25) is 4.99 Å². The summed E-state index contributed by atoms with van der Waals surface area (Å²) in [5.41, 5.74) is 4.29. The second-order valence-corrected chi connectivity index (χ2v) is 8.74. The Bertz CT molecular complexity index is 999. The fourth-order valence-electron chi connectivity index (χ4n) is 3.17. The molecule has 0 radical (unpaired) electrons. The molecule has 0 aromatic heterocycles. The third-order valence-electron chi connectivity index (χ3n) is 4.88. The molecule has 3 aromatic rings. The molecule has 1 heterocycles. The van der Waals surface area contributed by atoms with E-state index in [2.05, 4.69) is 66.0 Å². The predicted octanol–water partition coefficient (Wildman–Crippen LogP) is 6.38. The Morgan fingerprint density at radius 1 is 0.933 bits per heavy atom. The Hall–Kier alpha value is -2.15. The van der Waals surface area contributed by atoms with Crippen molar-refractivity contribution in [3.63, 3.8) is 0 Å². The van der Waals surface area contributed by atoms with Gasteiger partial charge in [0.1, 0.15) is 12.4 Å². The Kier molecular flexibility index (Phi) is 7.20. The van der Waals surface area contributed by atoms with Crippen LogP contribution >= 0.6 is 31.9 Å². The van der Waals surface area contributed by atoms with Crippen molar-refractivity contribution in [3.05, 3.63) is 86.8 Å². The van der Waals surface area contributed by atoms with Crippen molar-refractivity contribution in [3.8, 4) is 5.75 Å². The van der Waals surface area contributed by atoms with Crippen LogP contribution in [0.2, 0.25) is 0 Å². The molecule has 1 aliphatic rings. The summed E-state index contributed by atoms with van der Waals surface area (Å²) in [6.45, 7) is 3.97. The lowest BCUT2D eigenvalue weighted by molar-refractivity contribution is 0.122. The number of anilines is 1. The molecule has 0 N–H and O–H groups in total. The normalized spacial score (nSPS) is 14.3. The van der Waals surface area contributed by atoms with E-state index >= 15 is 0 Å². The molecule has 0 unspecified atom stereocenters. The number of ether oxygens (including phenoxy) is 2. The summed E-state index contributed by atoms with van der Waals surface area (Å²) in [5, 5.41) is 0. The van der Waals surface area contributed by atoms with Gasteiger partial charge >= 0.3 is 0 Å². The summed E-state index contributed by atoms with van der Waals surface area (Å²) in [4.78, 5) is 6.92. The van der Waals surface area contributed by atoms with Gasteiger partial charge in [-0.05, 0) is 66.2 Å². The molecule has 0 amide bonds. The molecule has 0 bridgehead atoms. The lowest BCUT2D eigenvalue weighted by Gasteiger charge is -2.28. The zero-order chi connectivity index (χ0) is 20.8. The van der Waals surface area contributed by atoms with Crippen molar-refractivity contribution in [1.82, 2.24) is 0 Å². The van der Waals surface area contributed by atoms with Gasteiger partial charge < -0.3 is 14.4 Å². The van der Waals surface area contributed by atoms with Gasteiger partial charge in [0, 0.05) is 39.5 Å². The van der Waals surface area contributed by atoms with Crippen LogP contribution in [-0.2, 0) is 11.3 Å². The fraction of sp³-hybridized carbons (Fsp3) is 0.208. The molecule has 0 saturated carbocycles. The van der Waals surface area contributed by atoms with Crippen LogP contribution in [0.25, 0.3) is 0 Å². The molecule has 4 nitrogen and oxygen atoms in total. The quantitative estimate of drug-likeness (QED) is 0.347. The molecule has 0 spiro atoms. The SMILES string of the molecule is Brc1ccc(COc2ccc(C=Nc3ccc(N4CCOCC4)cc3)cc2)c(Br)c1. The number of aliphatic imine (C=N–C) groups is 1. The second-order valence-electron chi connectivity index (χ2n) is 6.97. The molecular formula is C24H22Br2N2O2. The predicted molar refractivity (Wildman–Crippen MR) is 129 cm³/mol. The first-order valence-corrected chi connectivity index (χ1v) is 11.4. The van der Waals surface area contributed by atoms with Crippen molar-refractivity contribution in [2.24, 2.45) is 4.99 Å². The summed E-state index contributed by atoms with van der Waals surface area (Å²) in [6.07, 6.45) is 1.87. The highest BCUT2D eigenvalue weighted by atomic mass is 79.9. The topological polar surface area (TPSA) is 34.1 Å². The van der Waals surface area contributed by atoms with Crippen LogP contribution in [0.5, 0.6) is 5.75 Å². The highest BCUT2D eigenvalue weighted by Crippen LogP contribution is 2.24. The van der Waals surface area contributed by atoms with E-state index in [4.69, 9.17) is 9.47 Å². The molecule has 0 aliphatic carbocycles. The van der Waals surface area contributed by atoms with Crippen LogP contribution in [0.4, 0.5) is 11.4 Å². The summed E-state index contributed by atoms with van der Waals surface area (Å²) in [5.74, 6) is 0.830. The molecule has 0 atom stereocenters. The van der Waals surface area contributed by atoms with E-state index in [-0.39, 0.29) is 0 Å². The van der Waals surface area contributed by atoms with Crippen molar-refractivity contribution >= 4 is 49.4 Å². The Morgan fingerprint density at radius 3 is 2.37 bits per heavy atom. The molecule has 3 aromatic carbocycles. The minimum Gasteiger partial charge on any atom is -0.489 e. The molecule has 30 heavy (non-hydrogen) atoms. The van der Waals surface area contributed by atoms with Crippen LogP contribution in [0.1, 0.15) is 11.1 Å². The van der Waals surface area contributed by atoms with Gasteiger partial charge in [0.2, 0.25) is 0 Å². The number of rotatable bonds is 6. The van der Waals surface area contributed by atoms with E-state index in [1.54, 1.807) is 0 Å². The fourth-order valence-corrected chi connectivity index (χ4v) is 4.33. The van der Waals surface area contributed by atoms with E-state index in [1.807, 2.05) is 48.7 Å². The first-order valence-electron chi connectivity index (χ1n) is 9.81. The Morgan fingerprint density at radius 2 is 1.67 bits per heavy atom. The summed E-state index contributed by atoms with van der Waals surface area (Å²) < 4.78 is 13.4. The molecule has 154 valence electrons. The third kappa shape index (κ3) is 5.72. The molecule has 1 fully saturated rings. The molecule has 1 saturated heterocycles. The average molecular weight is 530 g/mol. The van der Waals surface area contributed by atoms with Crippen LogP contribution in [0.15, 0.2) is 80.7 Å². The smallest absolute Gasteiger partial charge is 0.119 e. The van der Waals surface area contributed by atoms with Crippen LogP contribution in [-0.4, -0.2) is 32.5 Å². The first kappa shape index (κ1) is 21.1. The van der Waals surface area contributed by atoms with Gasteiger partial charge in [-0.2, -0.15) is 0 Å². The maximum atomic E-state index is 5.90. The third-order valence-corrected chi connectivity index (χ3v) is 6.11. The highest BCUT2D eigenvalue weighted by molar-refractivity contribution is 9.11. The van der Waals surface area contributed by atoms with E-state index in [0.29, 0.717) is 6.61 Å². The van der Waals surface area contributed by atoms with E-state index < -0.39 is 0 Å². The Labute approximate surface area is 193 Å². The minimum absolute atomic E-state index is 0.511. The van der Waals surface area contributed by atoms with Crippen molar-refractivity contribution in [1.29, 1.82) is 0 Å². The standard InChI is InChI=1S/C24H22Br2N2O2/c25-20-4-3-19(24(26)15-20)17-30-23-9-1-18(2-10-23)16-27-21-5-7-22(8-6-21)28-11-13-29-14-12-28/h1-10,15-16H,11-14,17H2. The first-order chi connectivity index (χ1) is 14.7. The molecule has 4 rings (SSSR count). The van der Waals surface area contributed by atoms with Crippen molar-refractivity contribution in [2.75, 3.05) is 31.2 Å². The number of benzene rings is 3. The maximum Gasteiger partial charge on any atom is 0.119 e. The van der Waals surface area contributed by atoms with Gasteiger partial charge in [-0.1, -0.05) is 37.9 Å². The number of halogens is 2. The summed E-state index contributed by atoms with van der Waals surface area (Å²) in [7, 11) is 0. The van der Waals surface area contributed by atoms with Crippen LogP contribution in [0.3, 0.4) is 0 Å². The van der Waals surface area contributed by atoms with Gasteiger partial charge in [0.05, 0.1) is 18.9 Å². The van der Waals surface area contributed by atoms with E-state index in [1.165, 1.54) is 5.69 Å². The van der Waals surface area contributed by atoms with Crippen molar-refractivity contribution in [2.45, 2.75) is 6.61 Å². The number of nitrogens with zero attached hydrogens (tertiary/aromatic N) is 2. The zero-order valence-corrected chi connectivity index (χ0v) is 19.6. The zero-order valence-electron chi connectivity index (χ0n) is 16.4. The number of hydrogen-bond donors (Lipinski definition) is 0. The Balaban J connectivity index is 1.33. The minimum atomic E-state index is 0.511. The summed E-state index contributed by atoms with van der Waals surface area (Å²) >= 11 is 7.03. The van der Waals surface area contributed by atoms with Crippen LogP contribution in [0, 0.1) is 0 Å². The lowest BCUT2D eigenvalue weighted by Crippen LogP contribution is -2.36. The summed E-state index contributed by atoms with van der Waals surface area (Å²) in [6, 6.07) is 22.4. The monoisotopic (exact) mass is 528 g/mol. The van der Waals surface area contributed by atoms with E-state index in [0.717, 1.165) is 57.8 Å². The van der Waals surface area contributed by atoms with Gasteiger partial charge in [0.15, 0.2) is 0 Å². The second kappa shape index (κ2) is 10.2. The average Bonchev–Trinajstić information content (AvgIpc) is 2.79.